The molecule has 0 aliphatic carbocycles. The van der Waals surface area contributed by atoms with Gasteiger partial charge in [0.25, 0.3) is 5.56 Å². The lowest BCUT2D eigenvalue weighted by atomic mass is 9.83. The lowest BCUT2D eigenvalue weighted by molar-refractivity contribution is -0.138. The number of likely N-dealkylation sites (tertiary alicyclic amines) is 1. The van der Waals surface area contributed by atoms with E-state index in [0.717, 1.165) is 12.1 Å². The first-order valence-electron chi connectivity index (χ1n) is 14.7. The Labute approximate surface area is 258 Å². The molecule has 0 saturated carbocycles. The first-order chi connectivity index (χ1) is 21.2. The van der Waals surface area contributed by atoms with Crippen LogP contribution in [-0.4, -0.2) is 59.5 Å². The maximum atomic E-state index is 13.9. The van der Waals surface area contributed by atoms with Gasteiger partial charge in [-0.2, -0.15) is 11.8 Å². The van der Waals surface area contributed by atoms with Crippen molar-refractivity contribution in [3.05, 3.63) is 86.1 Å². The molecule has 3 aromatic heterocycles. The number of hydrogen-bond acceptors (Lipinski definition) is 8. The second-order valence-corrected chi connectivity index (χ2v) is 12.5. The van der Waals surface area contributed by atoms with E-state index in [2.05, 4.69) is 5.32 Å². The molecule has 0 unspecified atom stereocenters. The fourth-order valence-electron chi connectivity index (χ4n) is 6.49. The van der Waals surface area contributed by atoms with Crippen LogP contribution in [0.5, 0.6) is 5.75 Å². The normalized spacial score (nSPS) is 18.1. The molecule has 44 heavy (non-hydrogen) atoms. The van der Waals surface area contributed by atoms with Crippen molar-refractivity contribution in [2.75, 3.05) is 32.2 Å². The number of carbonyl (C=O) groups is 2. The molecule has 4 aromatic rings. The molecule has 230 valence electrons. The van der Waals surface area contributed by atoms with Crippen molar-refractivity contribution in [2.45, 2.75) is 44.7 Å². The number of pyridine rings is 1. The van der Waals surface area contributed by atoms with E-state index in [9.17, 15) is 19.2 Å². The van der Waals surface area contributed by atoms with E-state index in [1.54, 1.807) is 62.2 Å². The number of fused-ring (bicyclic) bond motifs is 5. The predicted molar refractivity (Wildman–Crippen MR) is 168 cm³/mol. The quantitative estimate of drug-likeness (QED) is 0.300. The van der Waals surface area contributed by atoms with Gasteiger partial charge in [0.2, 0.25) is 22.8 Å². The third-order valence-corrected chi connectivity index (χ3v) is 9.15. The van der Waals surface area contributed by atoms with Crippen LogP contribution in [0.4, 0.5) is 0 Å². The Morgan fingerprint density at radius 2 is 1.86 bits per heavy atom. The van der Waals surface area contributed by atoms with Gasteiger partial charge in [-0.1, -0.05) is 6.07 Å². The van der Waals surface area contributed by atoms with Gasteiger partial charge in [0.1, 0.15) is 23.3 Å². The van der Waals surface area contributed by atoms with Crippen LogP contribution in [0.3, 0.4) is 0 Å². The Morgan fingerprint density at radius 3 is 2.61 bits per heavy atom. The van der Waals surface area contributed by atoms with E-state index >= 15 is 0 Å². The summed E-state index contributed by atoms with van der Waals surface area (Å²) in [7, 11) is 1.57. The third-order valence-electron chi connectivity index (χ3n) is 8.50. The topological polar surface area (TPSA) is 124 Å². The standard InChI is InChI=1S/C33H35N3O7S/c1-19-13-27(37)32-31(42-19)24(30(43-32)21-7-9-23(41-2)10-8-21)15-28(38)34-25(11-12-44-3)33(40)35-16-20-14-22(18-35)26-5-4-6-29(39)36(26)17-20/h4-10,13,20,22,25H,11-12,14-18H2,1-3H3,(H,34,38)/t20-,22+,25+/m1/s1. The van der Waals surface area contributed by atoms with E-state index in [0.29, 0.717) is 60.2 Å². The van der Waals surface area contributed by atoms with Gasteiger partial charge in [0, 0.05) is 48.9 Å². The Bertz CT molecular complexity index is 1820. The lowest BCUT2D eigenvalue weighted by Crippen LogP contribution is -2.55. The number of amides is 2. The molecule has 11 heteroatoms. The fourth-order valence-corrected chi connectivity index (χ4v) is 6.96. The molecule has 0 spiro atoms. The maximum absolute atomic E-state index is 13.9. The molecular formula is C33H35N3O7S. The highest BCUT2D eigenvalue weighted by Gasteiger charge is 2.38. The molecule has 1 N–H and O–H groups in total. The Kier molecular flexibility index (Phi) is 8.40. The van der Waals surface area contributed by atoms with Crippen LogP contribution in [0.1, 0.15) is 35.8 Å². The second-order valence-electron chi connectivity index (χ2n) is 11.5. The van der Waals surface area contributed by atoms with Crippen molar-refractivity contribution >= 4 is 34.7 Å². The number of furan rings is 1. The maximum Gasteiger partial charge on any atom is 0.250 e. The summed E-state index contributed by atoms with van der Waals surface area (Å²) in [6.45, 7) is 3.30. The summed E-state index contributed by atoms with van der Waals surface area (Å²) in [5.41, 5.74) is 1.98. The lowest BCUT2D eigenvalue weighted by Gasteiger charge is -2.43. The minimum atomic E-state index is -0.719. The van der Waals surface area contributed by atoms with Gasteiger partial charge >= 0.3 is 0 Å². The number of carbonyl (C=O) groups excluding carboxylic acids is 2. The van der Waals surface area contributed by atoms with Crippen molar-refractivity contribution in [1.82, 2.24) is 14.8 Å². The number of nitrogens with one attached hydrogen (secondary N) is 1. The average Bonchev–Trinajstić information content (AvgIpc) is 3.37. The van der Waals surface area contributed by atoms with Gasteiger partial charge in [0.15, 0.2) is 5.58 Å². The number of aryl methyl sites for hydroxylation is 1. The molecule has 10 nitrogen and oxygen atoms in total. The zero-order chi connectivity index (χ0) is 31.0. The Hall–Kier alpha value is -4.25. The summed E-state index contributed by atoms with van der Waals surface area (Å²) in [6, 6.07) is 13.1. The smallest absolute Gasteiger partial charge is 0.250 e. The molecule has 1 fully saturated rings. The van der Waals surface area contributed by atoms with Crippen LogP contribution in [0.15, 0.2) is 67.0 Å². The highest BCUT2D eigenvalue weighted by molar-refractivity contribution is 7.98. The Balaban J connectivity index is 1.26. The van der Waals surface area contributed by atoms with E-state index in [4.69, 9.17) is 13.6 Å². The highest BCUT2D eigenvalue weighted by atomic mass is 32.2. The van der Waals surface area contributed by atoms with Gasteiger partial charge in [-0.15, -0.1) is 0 Å². The number of nitrogens with zero attached hydrogens (tertiary/aromatic N) is 2. The van der Waals surface area contributed by atoms with Crippen molar-refractivity contribution < 1.29 is 23.2 Å². The van der Waals surface area contributed by atoms with Crippen molar-refractivity contribution in [1.29, 1.82) is 0 Å². The fraction of sp³-hybridized carbons (Fsp3) is 0.394. The minimum Gasteiger partial charge on any atom is -0.497 e. The number of ether oxygens (including phenoxy) is 1. The van der Waals surface area contributed by atoms with Gasteiger partial charge in [-0.3, -0.25) is 19.2 Å². The minimum absolute atomic E-state index is 0.00565. The predicted octanol–water partition coefficient (Wildman–Crippen LogP) is 3.96. The molecule has 1 saturated heterocycles. The summed E-state index contributed by atoms with van der Waals surface area (Å²) in [5, 5.41) is 2.99. The van der Waals surface area contributed by atoms with Crippen LogP contribution >= 0.6 is 11.8 Å². The number of rotatable bonds is 9. The monoisotopic (exact) mass is 617 g/mol. The van der Waals surface area contributed by atoms with Crippen LogP contribution in [0, 0.1) is 12.8 Å². The first-order valence-corrected chi connectivity index (χ1v) is 16.1. The molecule has 2 amide bonds. The van der Waals surface area contributed by atoms with Gasteiger partial charge in [0.05, 0.1) is 19.1 Å². The number of benzene rings is 1. The summed E-state index contributed by atoms with van der Waals surface area (Å²) >= 11 is 1.61. The van der Waals surface area contributed by atoms with Crippen LogP contribution in [0.25, 0.3) is 22.5 Å². The van der Waals surface area contributed by atoms with Gasteiger partial charge in [-0.25, -0.2) is 0 Å². The number of hydrogen-bond donors (Lipinski definition) is 1. The van der Waals surface area contributed by atoms with Crippen LogP contribution in [0.2, 0.25) is 0 Å². The number of thioether (sulfide) groups is 1. The van der Waals surface area contributed by atoms with E-state index < -0.39 is 6.04 Å². The molecule has 1 aromatic carbocycles. The molecular weight excluding hydrogens is 582 g/mol. The van der Waals surface area contributed by atoms with E-state index in [1.165, 1.54) is 6.07 Å². The van der Waals surface area contributed by atoms with Crippen molar-refractivity contribution in [2.24, 2.45) is 5.92 Å². The van der Waals surface area contributed by atoms with E-state index in [1.807, 2.05) is 21.8 Å². The SMILES string of the molecule is COc1ccc(-c2oc3c(=O)cc(C)oc3c2CC(=O)N[C@@H](CCSC)C(=O)N2C[C@H]3C[C@@H](C2)c2cccc(=O)n2C3)cc1. The molecule has 6 rings (SSSR count). The molecule has 3 atom stereocenters. The summed E-state index contributed by atoms with van der Waals surface area (Å²) in [5.74, 6) is 1.86. The van der Waals surface area contributed by atoms with Crippen LogP contribution in [-0.2, 0) is 22.6 Å². The molecule has 5 heterocycles. The number of methoxy groups -OCH3 is 1. The van der Waals surface area contributed by atoms with Gasteiger partial charge < -0.3 is 28.4 Å². The average molecular weight is 618 g/mol. The molecule has 2 aliphatic rings. The summed E-state index contributed by atoms with van der Waals surface area (Å²) in [4.78, 5) is 54.7. The number of aromatic nitrogens is 1. The molecule has 2 aliphatic heterocycles. The Morgan fingerprint density at radius 1 is 1.07 bits per heavy atom. The summed E-state index contributed by atoms with van der Waals surface area (Å²) in [6.07, 6.45) is 3.22. The zero-order valence-electron chi connectivity index (χ0n) is 25.0. The largest absolute Gasteiger partial charge is 0.497 e. The first kappa shape index (κ1) is 29.8. The van der Waals surface area contributed by atoms with E-state index in [-0.39, 0.29) is 52.2 Å². The van der Waals surface area contributed by atoms with Gasteiger partial charge in [-0.05, 0) is 68.0 Å². The zero-order valence-corrected chi connectivity index (χ0v) is 25.8. The van der Waals surface area contributed by atoms with Crippen LogP contribution < -0.4 is 21.0 Å². The third kappa shape index (κ3) is 5.80. The molecule has 0 radical (unpaired) electrons. The van der Waals surface area contributed by atoms with Crippen molar-refractivity contribution in [3.63, 3.8) is 0 Å². The number of piperidine rings is 1. The van der Waals surface area contributed by atoms with Crippen molar-refractivity contribution in [3.8, 4) is 17.1 Å². The molecule has 2 bridgehead atoms. The summed E-state index contributed by atoms with van der Waals surface area (Å²) < 4.78 is 19.0. The second kappa shape index (κ2) is 12.4. The highest BCUT2D eigenvalue weighted by Crippen LogP contribution is 2.36.